The van der Waals surface area contributed by atoms with Crippen LogP contribution in [0.2, 0.25) is 0 Å². The van der Waals surface area contributed by atoms with Crippen LogP contribution >= 0.6 is 0 Å². The molecule has 1 aromatic carbocycles. The molecule has 0 saturated carbocycles. The smallest absolute Gasteiger partial charge is 0.165 e. The average molecular weight is 260 g/mol. The van der Waals surface area contributed by atoms with Crippen LogP contribution in [0.3, 0.4) is 0 Å². The molecule has 0 spiro atoms. The highest BCUT2D eigenvalue weighted by Crippen LogP contribution is 2.18. The van der Waals surface area contributed by atoms with Gasteiger partial charge in [0.25, 0.3) is 0 Å². The molecule has 1 aromatic rings. The summed E-state index contributed by atoms with van der Waals surface area (Å²) < 4.78 is 0. The van der Waals surface area contributed by atoms with Gasteiger partial charge in [-0.3, -0.25) is 14.4 Å². The summed E-state index contributed by atoms with van der Waals surface area (Å²) in [4.78, 5) is 35.6. The lowest BCUT2D eigenvalue weighted by atomic mass is 9.92. The van der Waals surface area contributed by atoms with E-state index < -0.39 is 0 Å². The summed E-state index contributed by atoms with van der Waals surface area (Å²) in [6.07, 6.45) is 0. The Morgan fingerprint density at radius 2 is 1.05 bits per heavy atom. The van der Waals surface area contributed by atoms with Gasteiger partial charge in [-0.05, 0) is 25.1 Å². The summed E-state index contributed by atoms with van der Waals surface area (Å²) in [5, 5.41) is 0. The lowest BCUT2D eigenvalue weighted by molar-refractivity contribution is 0.0939. The minimum atomic E-state index is -0.163. The predicted molar refractivity (Wildman–Crippen MR) is 74.8 cm³/mol. The van der Waals surface area contributed by atoms with Crippen LogP contribution < -0.4 is 0 Å². The second-order valence-electron chi connectivity index (χ2n) is 5.39. The first-order valence-corrected chi connectivity index (χ1v) is 6.48. The van der Waals surface area contributed by atoms with Crippen LogP contribution in [0.4, 0.5) is 0 Å². The monoisotopic (exact) mass is 260 g/mol. The molecule has 0 saturated heterocycles. The van der Waals surface area contributed by atoms with E-state index >= 15 is 0 Å². The number of benzene rings is 1. The van der Waals surface area contributed by atoms with Crippen LogP contribution in [0.5, 0.6) is 0 Å². The quantitative estimate of drug-likeness (QED) is 0.760. The molecule has 0 heterocycles. The van der Waals surface area contributed by atoms with Crippen molar-refractivity contribution in [2.24, 2.45) is 11.8 Å². The lowest BCUT2D eigenvalue weighted by Crippen LogP contribution is -2.13. The van der Waals surface area contributed by atoms with Gasteiger partial charge in [-0.15, -0.1) is 0 Å². The Kier molecular flexibility index (Phi) is 4.76. The van der Waals surface area contributed by atoms with Crippen LogP contribution in [0, 0.1) is 11.8 Å². The van der Waals surface area contributed by atoms with E-state index in [2.05, 4.69) is 0 Å². The number of Topliss-reactive ketones (excluding diaryl/α,β-unsaturated/α-hetero) is 3. The molecule has 0 bridgehead atoms. The Bertz CT molecular complexity index is 487. The van der Waals surface area contributed by atoms with Crippen molar-refractivity contribution < 1.29 is 14.4 Å². The molecule has 102 valence electrons. The van der Waals surface area contributed by atoms with Crippen LogP contribution in [0.15, 0.2) is 18.2 Å². The number of hydrogen-bond donors (Lipinski definition) is 0. The van der Waals surface area contributed by atoms with Gasteiger partial charge in [-0.25, -0.2) is 0 Å². The highest BCUT2D eigenvalue weighted by molar-refractivity contribution is 6.06. The first-order chi connectivity index (χ1) is 8.73. The van der Waals surface area contributed by atoms with Gasteiger partial charge < -0.3 is 0 Å². The maximum atomic E-state index is 12.0. The molecular formula is C16H20O3. The Balaban J connectivity index is 3.38. The van der Waals surface area contributed by atoms with E-state index in [1.54, 1.807) is 45.9 Å². The zero-order chi connectivity index (χ0) is 14.7. The second-order valence-corrected chi connectivity index (χ2v) is 5.39. The van der Waals surface area contributed by atoms with Crippen molar-refractivity contribution in [3.63, 3.8) is 0 Å². The summed E-state index contributed by atoms with van der Waals surface area (Å²) in [5.41, 5.74) is 1.29. The van der Waals surface area contributed by atoms with Crippen LogP contribution in [-0.2, 0) is 0 Å². The molecule has 0 radical (unpaired) electrons. The molecule has 0 N–H and O–H groups in total. The van der Waals surface area contributed by atoms with Crippen LogP contribution in [0.1, 0.15) is 65.7 Å². The summed E-state index contributed by atoms with van der Waals surface area (Å²) >= 11 is 0. The number of hydrogen-bond acceptors (Lipinski definition) is 3. The number of ketones is 3. The fourth-order valence-corrected chi connectivity index (χ4v) is 1.78. The molecule has 0 aromatic heterocycles. The fourth-order valence-electron chi connectivity index (χ4n) is 1.78. The van der Waals surface area contributed by atoms with Crippen molar-refractivity contribution in [2.45, 2.75) is 34.6 Å². The molecular weight excluding hydrogens is 240 g/mol. The van der Waals surface area contributed by atoms with Crippen molar-refractivity contribution in [3.05, 3.63) is 34.9 Å². The Hall–Kier alpha value is -1.77. The molecule has 1 rings (SSSR count). The zero-order valence-corrected chi connectivity index (χ0v) is 12.1. The maximum absolute atomic E-state index is 12.0. The second kappa shape index (κ2) is 5.91. The van der Waals surface area contributed by atoms with Gasteiger partial charge in [0.05, 0.1) is 0 Å². The van der Waals surface area contributed by atoms with Crippen LogP contribution in [-0.4, -0.2) is 17.3 Å². The molecule has 3 nitrogen and oxygen atoms in total. The van der Waals surface area contributed by atoms with E-state index in [9.17, 15) is 14.4 Å². The SMILES string of the molecule is CC(=O)c1cc(C(=O)C(C)C)cc(C(=O)C(C)C)c1. The van der Waals surface area contributed by atoms with E-state index in [0.29, 0.717) is 16.7 Å². The molecule has 0 aliphatic rings. The molecule has 0 amide bonds. The largest absolute Gasteiger partial charge is 0.295 e. The third kappa shape index (κ3) is 3.60. The Labute approximate surface area is 114 Å². The summed E-state index contributed by atoms with van der Waals surface area (Å²) in [5.74, 6) is -0.577. The predicted octanol–water partition coefficient (Wildman–Crippen LogP) is 3.57. The standard InChI is InChI=1S/C16H20O3/c1-9(2)15(18)13-6-12(11(5)17)7-14(8-13)16(19)10(3)4/h6-10H,1-5H3. The van der Waals surface area contributed by atoms with Gasteiger partial charge in [0.15, 0.2) is 17.3 Å². The van der Waals surface area contributed by atoms with Gasteiger partial charge in [0.2, 0.25) is 0 Å². The number of carbonyl (C=O) groups is 3. The molecule has 19 heavy (non-hydrogen) atoms. The van der Waals surface area contributed by atoms with Crippen molar-refractivity contribution in [2.75, 3.05) is 0 Å². The first-order valence-electron chi connectivity index (χ1n) is 6.48. The van der Waals surface area contributed by atoms with Gasteiger partial charge in [-0.2, -0.15) is 0 Å². The highest BCUT2D eigenvalue weighted by Gasteiger charge is 2.18. The van der Waals surface area contributed by atoms with Crippen molar-refractivity contribution in [3.8, 4) is 0 Å². The minimum absolute atomic E-state index is 0.0547. The van der Waals surface area contributed by atoms with Crippen LogP contribution in [0.25, 0.3) is 0 Å². The molecule has 0 atom stereocenters. The van der Waals surface area contributed by atoms with Crippen molar-refractivity contribution in [1.29, 1.82) is 0 Å². The van der Waals surface area contributed by atoms with Crippen molar-refractivity contribution >= 4 is 17.3 Å². The average Bonchev–Trinajstić information content (AvgIpc) is 2.35. The Morgan fingerprint density at radius 1 is 0.737 bits per heavy atom. The third-order valence-corrected chi connectivity index (χ3v) is 2.96. The third-order valence-electron chi connectivity index (χ3n) is 2.96. The summed E-state index contributed by atoms with van der Waals surface area (Å²) in [6, 6.07) is 4.74. The van der Waals surface area contributed by atoms with Gasteiger partial charge in [0.1, 0.15) is 0 Å². The van der Waals surface area contributed by atoms with E-state index in [-0.39, 0.29) is 29.2 Å². The molecule has 0 unspecified atom stereocenters. The molecule has 0 aliphatic carbocycles. The van der Waals surface area contributed by atoms with Gasteiger partial charge in [0, 0.05) is 28.5 Å². The van der Waals surface area contributed by atoms with Gasteiger partial charge in [-0.1, -0.05) is 27.7 Å². The van der Waals surface area contributed by atoms with E-state index in [1.807, 2.05) is 0 Å². The summed E-state index contributed by atoms with van der Waals surface area (Å²) in [7, 11) is 0. The number of rotatable bonds is 5. The maximum Gasteiger partial charge on any atom is 0.165 e. The van der Waals surface area contributed by atoms with E-state index in [1.165, 1.54) is 6.92 Å². The molecule has 3 heteroatoms. The first kappa shape index (κ1) is 15.3. The fraction of sp³-hybridized carbons (Fsp3) is 0.438. The lowest BCUT2D eigenvalue weighted by Gasteiger charge is -2.10. The Morgan fingerprint density at radius 3 is 1.32 bits per heavy atom. The van der Waals surface area contributed by atoms with E-state index in [0.717, 1.165) is 0 Å². The normalized spacial score (nSPS) is 10.9. The molecule has 0 aliphatic heterocycles. The topological polar surface area (TPSA) is 51.2 Å². The highest BCUT2D eigenvalue weighted by atomic mass is 16.1. The minimum Gasteiger partial charge on any atom is -0.295 e. The van der Waals surface area contributed by atoms with Crippen molar-refractivity contribution in [1.82, 2.24) is 0 Å². The molecule has 0 fully saturated rings. The van der Waals surface area contributed by atoms with E-state index in [4.69, 9.17) is 0 Å². The zero-order valence-electron chi connectivity index (χ0n) is 12.1. The summed E-state index contributed by atoms with van der Waals surface area (Å²) in [6.45, 7) is 8.63. The number of carbonyl (C=O) groups excluding carboxylic acids is 3. The van der Waals surface area contributed by atoms with Gasteiger partial charge >= 0.3 is 0 Å².